The van der Waals surface area contributed by atoms with Crippen LogP contribution in [0.2, 0.25) is 0 Å². The Morgan fingerprint density at radius 2 is 1.16 bits per heavy atom. The van der Waals surface area contributed by atoms with Crippen molar-refractivity contribution in [1.29, 1.82) is 0 Å². The zero-order chi connectivity index (χ0) is 31.4. The van der Waals surface area contributed by atoms with Crippen molar-refractivity contribution in [2.75, 3.05) is 13.2 Å². The van der Waals surface area contributed by atoms with Crippen LogP contribution in [0.4, 0.5) is 0 Å². The molecule has 1 N–H and O–H groups in total. The Morgan fingerprint density at radius 1 is 0.674 bits per heavy atom. The molecule has 0 aromatic heterocycles. The Hall–Kier alpha value is -2.44. The maximum atomic E-state index is 11.9. The molecule has 6 heteroatoms. The van der Waals surface area contributed by atoms with Gasteiger partial charge in [0.05, 0.1) is 12.2 Å². The van der Waals surface area contributed by atoms with Crippen LogP contribution in [-0.2, 0) is 23.8 Å². The lowest BCUT2D eigenvalue weighted by atomic mass is 10.0. The number of ether oxygens (including phenoxy) is 3. The van der Waals surface area contributed by atoms with Crippen LogP contribution in [0.1, 0.15) is 124 Å². The van der Waals surface area contributed by atoms with E-state index in [9.17, 15) is 14.7 Å². The first-order valence-corrected chi connectivity index (χ1v) is 16.8. The predicted molar refractivity (Wildman–Crippen MR) is 177 cm³/mol. The van der Waals surface area contributed by atoms with E-state index in [1.807, 2.05) is 12.2 Å². The summed E-state index contributed by atoms with van der Waals surface area (Å²) in [4.78, 5) is 23.7. The SMILES string of the molecule is CC/C=C\CC1OC1C/C=C\C/C=C\C/C=C\C/C=C\CCC(=O)OC[C@H](O)COC(=O)CCCCCCCCC(C)C. The van der Waals surface area contributed by atoms with Gasteiger partial charge in [0.15, 0.2) is 0 Å². The molecule has 0 spiro atoms. The van der Waals surface area contributed by atoms with Crippen molar-refractivity contribution in [1.82, 2.24) is 0 Å². The number of unbranched alkanes of at least 4 members (excludes halogenated alkanes) is 5. The molecule has 6 nitrogen and oxygen atoms in total. The number of aliphatic hydroxyl groups excluding tert-OH is 1. The van der Waals surface area contributed by atoms with Crippen molar-refractivity contribution >= 4 is 11.9 Å². The molecule has 1 heterocycles. The minimum atomic E-state index is -0.998. The zero-order valence-electron chi connectivity index (χ0n) is 27.3. The van der Waals surface area contributed by atoms with Crippen LogP contribution in [-0.4, -0.2) is 48.6 Å². The van der Waals surface area contributed by atoms with Gasteiger partial charge >= 0.3 is 11.9 Å². The van der Waals surface area contributed by atoms with Gasteiger partial charge in [-0.3, -0.25) is 9.59 Å². The second kappa shape index (κ2) is 27.1. The topological polar surface area (TPSA) is 85.4 Å². The summed E-state index contributed by atoms with van der Waals surface area (Å²) in [5.74, 6) is 0.0924. The summed E-state index contributed by atoms with van der Waals surface area (Å²) in [7, 11) is 0. The van der Waals surface area contributed by atoms with E-state index in [1.165, 1.54) is 25.7 Å². The molecule has 0 amide bonds. The molecule has 0 aromatic rings. The van der Waals surface area contributed by atoms with Crippen LogP contribution in [0.15, 0.2) is 60.8 Å². The van der Waals surface area contributed by atoms with E-state index in [4.69, 9.17) is 14.2 Å². The van der Waals surface area contributed by atoms with E-state index in [-0.39, 0.29) is 31.6 Å². The van der Waals surface area contributed by atoms with Crippen molar-refractivity contribution < 1.29 is 28.9 Å². The lowest BCUT2D eigenvalue weighted by molar-refractivity contribution is -0.152. The van der Waals surface area contributed by atoms with Gasteiger partial charge in [-0.15, -0.1) is 0 Å². The standard InChI is InChI=1S/C37H60O6/c1-4-5-20-26-34-35(43-34)27-22-17-12-10-8-6-7-9-11-13-18-23-28-36(39)41-30-33(38)31-42-37(40)29-24-19-15-14-16-21-25-32(2)3/h5,7-10,13,17-18,20,22,32-35,38H,4,6,11-12,14-16,19,21,23-31H2,1-3H3/b9-7-,10-8-,18-13-,20-5-,22-17-/t33-,34?,35?/m0/s1. The van der Waals surface area contributed by atoms with Gasteiger partial charge in [-0.2, -0.15) is 0 Å². The van der Waals surface area contributed by atoms with E-state index in [1.54, 1.807) is 0 Å². The number of esters is 2. The Bertz CT molecular complexity index is 853. The largest absolute Gasteiger partial charge is 0.463 e. The van der Waals surface area contributed by atoms with Gasteiger partial charge in [0, 0.05) is 12.8 Å². The molecular weight excluding hydrogens is 540 g/mol. The molecule has 0 aromatic carbocycles. The molecule has 0 bridgehead atoms. The lowest BCUT2D eigenvalue weighted by Gasteiger charge is -2.12. The van der Waals surface area contributed by atoms with Crippen molar-refractivity contribution in [2.24, 2.45) is 5.92 Å². The second-order valence-electron chi connectivity index (χ2n) is 11.8. The molecule has 1 fully saturated rings. The summed E-state index contributed by atoms with van der Waals surface area (Å²) < 4.78 is 15.9. The smallest absolute Gasteiger partial charge is 0.306 e. The molecular formula is C37H60O6. The molecule has 1 aliphatic rings. The van der Waals surface area contributed by atoms with Gasteiger partial charge in [-0.05, 0) is 57.3 Å². The molecule has 2 unspecified atom stereocenters. The average Bonchev–Trinajstić information content (AvgIpc) is 3.74. The number of carbonyl (C=O) groups excluding carboxylic acids is 2. The van der Waals surface area contributed by atoms with Crippen molar-refractivity contribution in [3.05, 3.63) is 60.8 Å². The first-order chi connectivity index (χ1) is 20.9. The number of aliphatic hydroxyl groups is 1. The van der Waals surface area contributed by atoms with Gasteiger partial charge < -0.3 is 19.3 Å². The molecule has 0 radical (unpaired) electrons. The fourth-order valence-electron chi connectivity index (χ4n) is 4.45. The third kappa shape index (κ3) is 25.7. The molecule has 1 saturated heterocycles. The third-order valence-electron chi connectivity index (χ3n) is 7.11. The maximum Gasteiger partial charge on any atom is 0.306 e. The molecule has 43 heavy (non-hydrogen) atoms. The number of hydrogen-bond donors (Lipinski definition) is 1. The Labute approximate surface area is 262 Å². The number of hydrogen-bond acceptors (Lipinski definition) is 6. The highest BCUT2D eigenvalue weighted by Gasteiger charge is 2.35. The monoisotopic (exact) mass is 600 g/mol. The van der Waals surface area contributed by atoms with Gasteiger partial charge in [-0.1, -0.05) is 120 Å². The van der Waals surface area contributed by atoms with E-state index >= 15 is 0 Å². The molecule has 3 atom stereocenters. The van der Waals surface area contributed by atoms with Crippen LogP contribution in [0.25, 0.3) is 0 Å². The lowest BCUT2D eigenvalue weighted by Crippen LogP contribution is -2.25. The van der Waals surface area contributed by atoms with Gasteiger partial charge in [0.1, 0.15) is 19.3 Å². The van der Waals surface area contributed by atoms with Crippen molar-refractivity contribution in [3.8, 4) is 0 Å². The molecule has 1 aliphatic heterocycles. The highest BCUT2D eigenvalue weighted by Crippen LogP contribution is 2.29. The van der Waals surface area contributed by atoms with Crippen LogP contribution in [0.3, 0.4) is 0 Å². The molecule has 244 valence electrons. The van der Waals surface area contributed by atoms with Crippen molar-refractivity contribution in [3.63, 3.8) is 0 Å². The van der Waals surface area contributed by atoms with E-state index in [0.717, 1.165) is 63.7 Å². The predicted octanol–water partition coefficient (Wildman–Crippen LogP) is 8.90. The van der Waals surface area contributed by atoms with Crippen LogP contribution in [0.5, 0.6) is 0 Å². The zero-order valence-corrected chi connectivity index (χ0v) is 27.3. The normalized spacial score (nSPS) is 17.8. The van der Waals surface area contributed by atoms with Gasteiger partial charge in [-0.25, -0.2) is 0 Å². The quantitative estimate of drug-likeness (QED) is 0.0439. The fourth-order valence-corrected chi connectivity index (χ4v) is 4.45. The Morgan fingerprint density at radius 3 is 1.74 bits per heavy atom. The first kappa shape index (κ1) is 38.6. The molecule has 0 aliphatic carbocycles. The van der Waals surface area contributed by atoms with Crippen LogP contribution >= 0.6 is 0 Å². The second-order valence-corrected chi connectivity index (χ2v) is 11.8. The summed E-state index contributed by atoms with van der Waals surface area (Å²) >= 11 is 0. The van der Waals surface area contributed by atoms with Crippen LogP contribution < -0.4 is 0 Å². The van der Waals surface area contributed by atoms with E-state index in [0.29, 0.717) is 25.0 Å². The van der Waals surface area contributed by atoms with Gasteiger partial charge in [0.2, 0.25) is 0 Å². The third-order valence-corrected chi connectivity index (χ3v) is 7.11. The maximum absolute atomic E-state index is 11.9. The highest BCUT2D eigenvalue weighted by atomic mass is 16.6. The van der Waals surface area contributed by atoms with Crippen molar-refractivity contribution in [2.45, 2.75) is 142 Å². The Kier molecular flexibility index (Phi) is 24.3. The molecule has 0 saturated carbocycles. The van der Waals surface area contributed by atoms with E-state index in [2.05, 4.69) is 69.4 Å². The van der Waals surface area contributed by atoms with E-state index < -0.39 is 6.10 Å². The summed E-state index contributed by atoms with van der Waals surface area (Å²) in [6.07, 6.45) is 36.2. The highest BCUT2D eigenvalue weighted by molar-refractivity contribution is 5.70. The summed E-state index contributed by atoms with van der Waals surface area (Å²) in [5, 5.41) is 9.93. The number of allylic oxidation sites excluding steroid dienone is 8. The minimum absolute atomic E-state index is 0.146. The van der Waals surface area contributed by atoms with Crippen LogP contribution in [0, 0.1) is 5.92 Å². The fraction of sp³-hybridized carbons (Fsp3) is 0.676. The number of carbonyl (C=O) groups is 2. The summed E-state index contributed by atoms with van der Waals surface area (Å²) in [6, 6.07) is 0. The first-order valence-electron chi connectivity index (χ1n) is 16.8. The summed E-state index contributed by atoms with van der Waals surface area (Å²) in [6.45, 7) is 6.34. The average molecular weight is 601 g/mol. The number of epoxide rings is 1. The minimum Gasteiger partial charge on any atom is -0.463 e. The summed E-state index contributed by atoms with van der Waals surface area (Å²) in [5.41, 5.74) is 0. The van der Waals surface area contributed by atoms with Gasteiger partial charge in [0.25, 0.3) is 0 Å². The Balaban J connectivity index is 1.92. The number of rotatable bonds is 27. The molecule has 1 rings (SSSR count).